The van der Waals surface area contributed by atoms with E-state index in [1.54, 1.807) is 6.07 Å². The van der Waals surface area contributed by atoms with Crippen molar-refractivity contribution in [1.82, 2.24) is 9.88 Å². The monoisotopic (exact) mass is 241 g/mol. The van der Waals surface area contributed by atoms with Gasteiger partial charge < -0.3 is 10.6 Å². The summed E-state index contributed by atoms with van der Waals surface area (Å²) in [4.78, 5) is 17.9. The SMILES string of the molecule is Nc1ccc2c(CN3CCCC3=O)cccc2n1. The molecule has 1 aliphatic rings. The summed E-state index contributed by atoms with van der Waals surface area (Å²) in [6.07, 6.45) is 1.64. The highest BCUT2D eigenvalue weighted by Crippen LogP contribution is 2.22. The van der Waals surface area contributed by atoms with Gasteiger partial charge in [0, 0.05) is 24.9 Å². The Kier molecular flexibility index (Phi) is 2.63. The Morgan fingerprint density at radius 2 is 2.17 bits per heavy atom. The van der Waals surface area contributed by atoms with Gasteiger partial charge >= 0.3 is 0 Å². The predicted molar refractivity (Wildman–Crippen MR) is 70.8 cm³/mol. The Balaban J connectivity index is 1.99. The molecular weight excluding hydrogens is 226 g/mol. The molecule has 2 heterocycles. The van der Waals surface area contributed by atoms with E-state index in [4.69, 9.17) is 5.73 Å². The van der Waals surface area contributed by atoms with E-state index < -0.39 is 0 Å². The van der Waals surface area contributed by atoms with Gasteiger partial charge in [-0.1, -0.05) is 12.1 Å². The van der Waals surface area contributed by atoms with Crippen molar-refractivity contribution in [2.75, 3.05) is 12.3 Å². The van der Waals surface area contributed by atoms with Gasteiger partial charge in [-0.2, -0.15) is 0 Å². The molecule has 1 fully saturated rings. The Morgan fingerprint density at radius 1 is 1.28 bits per heavy atom. The highest BCUT2D eigenvalue weighted by atomic mass is 16.2. The van der Waals surface area contributed by atoms with E-state index in [1.807, 2.05) is 29.2 Å². The van der Waals surface area contributed by atoms with Crippen molar-refractivity contribution in [3.8, 4) is 0 Å². The van der Waals surface area contributed by atoms with E-state index in [2.05, 4.69) is 4.98 Å². The summed E-state index contributed by atoms with van der Waals surface area (Å²) in [5.41, 5.74) is 7.71. The average Bonchev–Trinajstić information content (AvgIpc) is 2.75. The number of amides is 1. The Bertz CT molecular complexity index is 609. The zero-order valence-electron chi connectivity index (χ0n) is 10.1. The lowest BCUT2D eigenvalue weighted by atomic mass is 10.1. The van der Waals surface area contributed by atoms with E-state index in [0.29, 0.717) is 18.8 Å². The maximum atomic E-state index is 11.7. The number of carbonyl (C=O) groups is 1. The molecule has 0 unspecified atom stereocenters. The van der Waals surface area contributed by atoms with Crippen molar-refractivity contribution < 1.29 is 4.79 Å². The van der Waals surface area contributed by atoms with Crippen LogP contribution in [0.3, 0.4) is 0 Å². The molecule has 0 radical (unpaired) electrons. The molecule has 0 bridgehead atoms. The number of carbonyl (C=O) groups excluding carboxylic acids is 1. The third kappa shape index (κ3) is 1.90. The molecule has 0 atom stereocenters. The van der Waals surface area contributed by atoms with Gasteiger partial charge in [0.25, 0.3) is 0 Å². The highest BCUT2D eigenvalue weighted by Gasteiger charge is 2.20. The number of hydrogen-bond donors (Lipinski definition) is 1. The number of nitrogens with zero attached hydrogens (tertiary/aromatic N) is 2. The zero-order chi connectivity index (χ0) is 12.5. The number of fused-ring (bicyclic) bond motifs is 1. The van der Waals surface area contributed by atoms with Crippen LogP contribution in [-0.4, -0.2) is 22.3 Å². The van der Waals surface area contributed by atoms with Crippen LogP contribution in [0.4, 0.5) is 5.82 Å². The van der Waals surface area contributed by atoms with Crippen LogP contribution in [0.2, 0.25) is 0 Å². The van der Waals surface area contributed by atoms with Crippen molar-refractivity contribution in [2.24, 2.45) is 0 Å². The van der Waals surface area contributed by atoms with Crippen molar-refractivity contribution >= 4 is 22.6 Å². The first-order valence-corrected chi connectivity index (χ1v) is 6.16. The minimum absolute atomic E-state index is 0.246. The van der Waals surface area contributed by atoms with E-state index in [0.717, 1.165) is 29.4 Å². The Hall–Kier alpha value is -2.10. The molecule has 1 aromatic carbocycles. The third-order valence-electron chi connectivity index (χ3n) is 3.38. The van der Waals surface area contributed by atoms with E-state index in [9.17, 15) is 4.79 Å². The van der Waals surface area contributed by atoms with E-state index in [-0.39, 0.29) is 5.91 Å². The van der Waals surface area contributed by atoms with Crippen LogP contribution in [0.5, 0.6) is 0 Å². The van der Waals surface area contributed by atoms with Crippen LogP contribution in [0, 0.1) is 0 Å². The summed E-state index contributed by atoms with van der Waals surface area (Å²) in [5.74, 6) is 0.771. The average molecular weight is 241 g/mol. The van der Waals surface area contributed by atoms with Crippen LogP contribution in [-0.2, 0) is 11.3 Å². The van der Waals surface area contributed by atoms with E-state index >= 15 is 0 Å². The third-order valence-corrected chi connectivity index (χ3v) is 3.38. The molecule has 1 aliphatic heterocycles. The molecule has 4 nitrogen and oxygen atoms in total. The number of anilines is 1. The number of rotatable bonds is 2. The summed E-state index contributed by atoms with van der Waals surface area (Å²) >= 11 is 0. The summed E-state index contributed by atoms with van der Waals surface area (Å²) < 4.78 is 0. The standard InChI is InChI=1S/C14H15N3O/c15-13-7-6-11-10(3-1-4-12(11)16-13)9-17-8-2-5-14(17)18/h1,3-4,6-7H,2,5,8-9H2,(H2,15,16). The van der Waals surface area contributed by atoms with Crippen LogP contribution < -0.4 is 5.73 Å². The van der Waals surface area contributed by atoms with Gasteiger partial charge in [-0.15, -0.1) is 0 Å². The van der Waals surface area contributed by atoms with Crippen LogP contribution in [0.25, 0.3) is 10.9 Å². The number of aromatic nitrogens is 1. The quantitative estimate of drug-likeness (QED) is 0.874. The van der Waals surface area contributed by atoms with Gasteiger partial charge in [0.2, 0.25) is 5.91 Å². The zero-order valence-corrected chi connectivity index (χ0v) is 10.1. The van der Waals surface area contributed by atoms with Crippen molar-refractivity contribution in [3.63, 3.8) is 0 Å². The maximum Gasteiger partial charge on any atom is 0.222 e. The normalized spacial score (nSPS) is 15.6. The summed E-state index contributed by atoms with van der Waals surface area (Å²) in [5, 5.41) is 1.08. The summed E-state index contributed by atoms with van der Waals surface area (Å²) in [7, 11) is 0. The number of hydrogen-bond acceptors (Lipinski definition) is 3. The molecule has 1 amide bonds. The summed E-state index contributed by atoms with van der Waals surface area (Å²) in [6, 6.07) is 9.74. The molecular formula is C14H15N3O. The lowest BCUT2D eigenvalue weighted by Crippen LogP contribution is -2.23. The minimum atomic E-state index is 0.246. The maximum absolute atomic E-state index is 11.7. The smallest absolute Gasteiger partial charge is 0.222 e. The van der Waals surface area contributed by atoms with Crippen LogP contribution in [0.15, 0.2) is 30.3 Å². The predicted octanol–water partition coefficient (Wildman–Crippen LogP) is 1.94. The number of benzene rings is 1. The fourth-order valence-corrected chi connectivity index (χ4v) is 2.45. The second-order valence-electron chi connectivity index (χ2n) is 4.64. The molecule has 0 aliphatic carbocycles. The fourth-order valence-electron chi connectivity index (χ4n) is 2.45. The molecule has 3 rings (SSSR count). The van der Waals surface area contributed by atoms with Gasteiger partial charge in [0.1, 0.15) is 5.82 Å². The first kappa shape index (κ1) is 11.0. The Labute approximate surface area is 105 Å². The van der Waals surface area contributed by atoms with Crippen LogP contribution >= 0.6 is 0 Å². The van der Waals surface area contributed by atoms with Gasteiger partial charge in [-0.05, 0) is 30.2 Å². The number of pyridine rings is 1. The molecule has 92 valence electrons. The van der Waals surface area contributed by atoms with Crippen molar-refractivity contribution in [1.29, 1.82) is 0 Å². The molecule has 0 saturated carbocycles. The summed E-state index contributed by atoms with van der Waals surface area (Å²) in [6.45, 7) is 1.53. The molecule has 1 aromatic heterocycles. The van der Waals surface area contributed by atoms with Gasteiger partial charge in [-0.3, -0.25) is 4.79 Å². The Morgan fingerprint density at radius 3 is 2.94 bits per heavy atom. The number of likely N-dealkylation sites (tertiary alicyclic amines) is 1. The molecule has 2 aromatic rings. The largest absolute Gasteiger partial charge is 0.384 e. The number of nitrogen functional groups attached to an aromatic ring is 1. The molecule has 1 saturated heterocycles. The van der Waals surface area contributed by atoms with E-state index in [1.165, 1.54) is 0 Å². The van der Waals surface area contributed by atoms with Gasteiger partial charge in [0.05, 0.1) is 5.52 Å². The first-order valence-electron chi connectivity index (χ1n) is 6.16. The highest BCUT2D eigenvalue weighted by molar-refractivity contribution is 5.84. The van der Waals surface area contributed by atoms with Gasteiger partial charge in [0.15, 0.2) is 0 Å². The minimum Gasteiger partial charge on any atom is -0.384 e. The van der Waals surface area contributed by atoms with Gasteiger partial charge in [-0.25, -0.2) is 4.98 Å². The molecule has 18 heavy (non-hydrogen) atoms. The molecule has 0 spiro atoms. The molecule has 4 heteroatoms. The second-order valence-corrected chi connectivity index (χ2v) is 4.64. The first-order chi connectivity index (χ1) is 8.74. The van der Waals surface area contributed by atoms with Crippen molar-refractivity contribution in [2.45, 2.75) is 19.4 Å². The topological polar surface area (TPSA) is 59.2 Å². The lowest BCUT2D eigenvalue weighted by molar-refractivity contribution is -0.128. The molecule has 2 N–H and O–H groups in total. The lowest BCUT2D eigenvalue weighted by Gasteiger charge is -2.16. The van der Waals surface area contributed by atoms with Crippen molar-refractivity contribution in [3.05, 3.63) is 35.9 Å². The van der Waals surface area contributed by atoms with Crippen LogP contribution in [0.1, 0.15) is 18.4 Å². The number of nitrogens with two attached hydrogens (primary N) is 1. The second kappa shape index (κ2) is 4.29. The fraction of sp³-hybridized carbons (Fsp3) is 0.286.